The lowest BCUT2D eigenvalue weighted by Crippen LogP contribution is -2.37. The average Bonchev–Trinajstić information content (AvgIpc) is 3.06. The van der Waals surface area contributed by atoms with Crippen molar-refractivity contribution in [1.29, 1.82) is 0 Å². The molecule has 14 heteroatoms. The van der Waals surface area contributed by atoms with Crippen molar-refractivity contribution in [2.75, 3.05) is 29.1 Å². The molecule has 0 bridgehead atoms. The van der Waals surface area contributed by atoms with Crippen LogP contribution < -0.4 is 20.3 Å². The number of anilines is 3. The predicted octanol–water partition coefficient (Wildman–Crippen LogP) is 4.01. The monoisotopic (exact) mass is 527 g/mol. The Kier molecular flexibility index (Phi) is 6.88. The number of amides is 2. The Morgan fingerprint density at radius 3 is 2.72 bits per heavy atom. The van der Waals surface area contributed by atoms with Gasteiger partial charge in [-0.1, -0.05) is 18.5 Å². The SMILES string of the molecule is CC[C@H]1CN(C)C(=O)N1c1nc(C)nc(N[C@@H](C)C2=Cc3cc(Cl)c(OC(F)(F)F)cc3NC2O)n1. The molecule has 0 spiro atoms. The number of nitrogens with one attached hydrogen (secondary N) is 2. The zero-order valence-corrected chi connectivity index (χ0v) is 20.6. The van der Waals surface area contributed by atoms with E-state index < -0.39 is 24.4 Å². The van der Waals surface area contributed by atoms with Crippen molar-refractivity contribution >= 4 is 41.3 Å². The summed E-state index contributed by atoms with van der Waals surface area (Å²) in [7, 11) is 1.71. The number of carbonyl (C=O) groups excluding carboxylic acids is 1. The van der Waals surface area contributed by atoms with Gasteiger partial charge in [-0.3, -0.25) is 4.90 Å². The second-order valence-corrected chi connectivity index (χ2v) is 8.98. The van der Waals surface area contributed by atoms with Gasteiger partial charge in [-0.05, 0) is 38.0 Å². The Bertz CT molecular complexity index is 1210. The molecule has 194 valence electrons. The fourth-order valence-electron chi connectivity index (χ4n) is 4.16. The number of aromatic nitrogens is 3. The molecule has 2 aliphatic rings. The van der Waals surface area contributed by atoms with Gasteiger partial charge in [0.1, 0.15) is 17.8 Å². The van der Waals surface area contributed by atoms with Crippen LogP contribution in [0.15, 0.2) is 17.7 Å². The van der Waals surface area contributed by atoms with Crippen LogP contribution in [0.4, 0.5) is 35.5 Å². The molecule has 2 aromatic rings. The number of aliphatic hydroxyl groups is 1. The topological polar surface area (TPSA) is 116 Å². The normalized spacial score (nSPS) is 20.6. The van der Waals surface area contributed by atoms with Crippen LogP contribution in [0.25, 0.3) is 6.08 Å². The third kappa shape index (κ3) is 5.26. The van der Waals surface area contributed by atoms with Crippen molar-refractivity contribution < 1.29 is 27.8 Å². The number of alkyl halides is 3. The fraction of sp³-hybridized carbons (Fsp3) is 0.455. The van der Waals surface area contributed by atoms with Gasteiger partial charge in [-0.15, -0.1) is 13.2 Å². The van der Waals surface area contributed by atoms with Gasteiger partial charge in [-0.25, -0.2) is 4.79 Å². The van der Waals surface area contributed by atoms with Crippen molar-refractivity contribution in [3.8, 4) is 5.75 Å². The maximum Gasteiger partial charge on any atom is 0.573 e. The lowest BCUT2D eigenvalue weighted by atomic mass is 9.98. The van der Waals surface area contributed by atoms with Crippen molar-refractivity contribution in [3.63, 3.8) is 0 Å². The number of rotatable bonds is 6. The molecule has 0 radical (unpaired) electrons. The lowest BCUT2D eigenvalue weighted by molar-refractivity contribution is -0.274. The number of benzene rings is 1. The van der Waals surface area contributed by atoms with Crippen LogP contribution in [0.5, 0.6) is 5.75 Å². The summed E-state index contributed by atoms with van der Waals surface area (Å²) < 4.78 is 41.8. The van der Waals surface area contributed by atoms with Gasteiger partial charge in [-0.2, -0.15) is 15.0 Å². The van der Waals surface area contributed by atoms with E-state index in [4.69, 9.17) is 11.6 Å². The first kappa shape index (κ1) is 25.8. The van der Waals surface area contributed by atoms with E-state index in [-0.39, 0.29) is 34.7 Å². The van der Waals surface area contributed by atoms with E-state index in [1.807, 2.05) is 6.92 Å². The molecule has 2 amide bonds. The van der Waals surface area contributed by atoms with Gasteiger partial charge in [0.25, 0.3) is 0 Å². The number of urea groups is 1. The van der Waals surface area contributed by atoms with Crippen LogP contribution in [0, 0.1) is 6.92 Å². The maximum absolute atomic E-state index is 12.7. The molecule has 1 aromatic heterocycles. The Labute approximate surface area is 210 Å². The molecule has 1 aromatic carbocycles. The highest BCUT2D eigenvalue weighted by atomic mass is 35.5. The summed E-state index contributed by atoms with van der Waals surface area (Å²) in [6.45, 7) is 5.97. The average molecular weight is 528 g/mol. The van der Waals surface area contributed by atoms with Crippen LogP contribution in [-0.4, -0.2) is 69.3 Å². The molecule has 1 fully saturated rings. The molecule has 0 saturated carbocycles. The highest BCUT2D eigenvalue weighted by Gasteiger charge is 2.37. The van der Waals surface area contributed by atoms with Gasteiger partial charge < -0.3 is 25.4 Å². The van der Waals surface area contributed by atoms with Gasteiger partial charge in [0.2, 0.25) is 11.9 Å². The summed E-state index contributed by atoms with van der Waals surface area (Å²) in [5, 5.41) is 16.3. The zero-order valence-electron chi connectivity index (χ0n) is 19.9. The van der Waals surface area contributed by atoms with E-state index >= 15 is 0 Å². The third-order valence-corrected chi connectivity index (χ3v) is 6.21. The minimum atomic E-state index is -4.90. The van der Waals surface area contributed by atoms with E-state index in [9.17, 15) is 23.1 Å². The predicted molar refractivity (Wildman–Crippen MR) is 128 cm³/mol. The highest BCUT2D eigenvalue weighted by Crippen LogP contribution is 2.38. The van der Waals surface area contributed by atoms with E-state index in [2.05, 4.69) is 30.3 Å². The zero-order chi connectivity index (χ0) is 26.4. The standard InChI is InChI=1S/C22H25ClF3N7O3/c1-5-13-9-32(4)21(35)33(13)20-29-11(3)28-19(31-20)27-10(2)14-6-12-7-15(23)17(36-22(24,25)26)8-16(12)30-18(14)34/h6-8,10,13,18,30,34H,5,9H2,1-4H3,(H,27,28,29,31)/t10-,13-,18?/m0/s1. The Balaban J connectivity index is 1.59. The first-order valence-electron chi connectivity index (χ1n) is 11.1. The van der Waals surface area contributed by atoms with Gasteiger partial charge in [0.05, 0.1) is 17.1 Å². The number of aryl methyl sites for hydroxylation is 1. The first-order valence-corrected chi connectivity index (χ1v) is 11.5. The molecule has 4 rings (SSSR count). The summed E-state index contributed by atoms with van der Waals surface area (Å²) >= 11 is 5.98. The van der Waals surface area contributed by atoms with E-state index in [0.717, 1.165) is 12.5 Å². The van der Waals surface area contributed by atoms with Crippen LogP contribution >= 0.6 is 11.6 Å². The molecule has 2 aliphatic heterocycles. The number of nitrogens with zero attached hydrogens (tertiary/aromatic N) is 5. The molecular formula is C22H25ClF3N7O3. The number of carbonyl (C=O) groups is 1. The number of aliphatic hydroxyl groups excluding tert-OH is 1. The molecule has 1 unspecified atom stereocenters. The summed E-state index contributed by atoms with van der Waals surface area (Å²) in [6.07, 6.45) is -3.79. The molecule has 3 N–H and O–H groups in total. The third-order valence-electron chi connectivity index (χ3n) is 5.91. The quantitative estimate of drug-likeness (QED) is 0.516. The summed E-state index contributed by atoms with van der Waals surface area (Å²) in [5.74, 6) is 0.251. The molecule has 1 saturated heterocycles. The number of halogens is 4. The number of ether oxygens (including phenoxy) is 1. The van der Waals surface area contributed by atoms with E-state index in [0.29, 0.717) is 23.5 Å². The summed E-state index contributed by atoms with van der Waals surface area (Å²) in [6, 6.07) is 1.60. The Morgan fingerprint density at radius 2 is 2.06 bits per heavy atom. The second kappa shape index (κ2) is 9.62. The lowest BCUT2D eigenvalue weighted by Gasteiger charge is -2.29. The van der Waals surface area contributed by atoms with Crippen molar-refractivity contribution in [1.82, 2.24) is 19.9 Å². The van der Waals surface area contributed by atoms with Crippen LogP contribution in [-0.2, 0) is 0 Å². The van der Waals surface area contributed by atoms with Gasteiger partial charge >= 0.3 is 12.4 Å². The van der Waals surface area contributed by atoms with Crippen LogP contribution in [0.2, 0.25) is 5.02 Å². The fourth-order valence-corrected chi connectivity index (χ4v) is 4.37. The number of hydrogen-bond acceptors (Lipinski definition) is 8. The largest absolute Gasteiger partial charge is 0.573 e. The molecular weight excluding hydrogens is 503 g/mol. The number of hydrogen-bond donors (Lipinski definition) is 3. The molecule has 3 heterocycles. The second-order valence-electron chi connectivity index (χ2n) is 8.58. The smallest absolute Gasteiger partial charge is 0.404 e. The minimum Gasteiger partial charge on any atom is -0.404 e. The number of fused-ring (bicyclic) bond motifs is 1. The highest BCUT2D eigenvalue weighted by molar-refractivity contribution is 6.32. The molecule has 10 nitrogen and oxygen atoms in total. The maximum atomic E-state index is 12.7. The van der Waals surface area contributed by atoms with E-state index in [1.165, 1.54) is 6.07 Å². The Hall–Kier alpha value is -3.32. The van der Waals surface area contributed by atoms with Crippen molar-refractivity contribution in [3.05, 3.63) is 34.1 Å². The number of likely N-dealkylation sites (N-methyl/N-ethyl adjacent to an activating group) is 1. The van der Waals surface area contributed by atoms with Crippen LogP contribution in [0.3, 0.4) is 0 Å². The minimum absolute atomic E-state index is 0.0749. The molecule has 36 heavy (non-hydrogen) atoms. The van der Waals surface area contributed by atoms with Crippen molar-refractivity contribution in [2.45, 2.75) is 51.9 Å². The Morgan fingerprint density at radius 1 is 1.33 bits per heavy atom. The van der Waals surface area contributed by atoms with Gasteiger partial charge in [0, 0.05) is 30.9 Å². The summed E-state index contributed by atoms with van der Waals surface area (Å²) in [5.41, 5.74) is 1.15. The van der Waals surface area contributed by atoms with Crippen LogP contribution in [0.1, 0.15) is 31.7 Å². The molecule has 0 aliphatic carbocycles. The first-order chi connectivity index (χ1) is 16.9. The van der Waals surface area contributed by atoms with Gasteiger partial charge in [0.15, 0.2) is 0 Å². The van der Waals surface area contributed by atoms with E-state index in [1.54, 1.807) is 36.8 Å². The molecule has 3 atom stereocenters. The van der Waals surface area contributed by atoms with Crippen molar-refractivity contribution in [2.24, 2.45) is 0 Å². The summed E-state index contributed by atoms with van der Waals surface area (Å²) in [4.78, 5) is 28.9.